The SMILES string of the molecule is O=C(NCCc1ccccc1)C1C[C@@H]1c1cnc[nH]1. The van der Waals surface area contributed by atoms with Crippen molar-refractivity contribution in [3.05, 3.63) is 54.1 Å². The molecule has 98 valence electrons. The van der Waals surface area contributed by atoms with Crippen LogP contribution in [-0.4, -0.2) is 22.4 Å². The molecule has 4 heteroatoms. The Balaban J connectivity index is 1.43. The molecule has 3 rings (SSSR count). The molecule has 0 saturated heterocycles. The van der Waals surface area contributed by atoms with Gasteiger partial charge in [0.05, 0.1) is 6.33 Å². The Hall–Kier alpha value is -2.10. The third-order valence-corrected chi connectivity index (χ3v) is 3.60. The third-order valence-electron chi connectivity index (χ3n) is 3.60. The van der Waals surface area contributed by atoms with Crippen molar-refractivity contribution in [3.63, 3.8) is 0 Å². The molecule has 1 aromatic carbocycles. The van der Waals surface area contributed by atoms with Gasteiger partial charge in [0.15, 0.2) is 0 Å². The number of hydrogen-bond donors (Lipinski definition) is 2. The van der Waals surface area contributed by atoms with Gasteiger partial charge >= 0.3 is 0 Å². The van der Waals surface area contributed by atoms with Crippen LogP contribution in [0, 0.1) is 5.92 Å². The number of rotatable bonds is 5. The van der Waals surface area contributed by atoms with E-state index in [4.69, 9.17) is 0 Å². The van der Waals surface area contributed by atoms with Crippen molar-refractivity contribution in [2.24, 2.45) is 5.92 Å². The van der Waals surface area contributed by atoms with E-state index in [9.17, 15) is 4.79 Å². The minimum absolute atomic E-state index is 0.122. The predicted octanol–water partition coefficient (Wildman–Crippen LogP) is 1.87. The summed E-state index contributed by atoms with van der Waals surface area (Å²) in [5, 5.41) is 3.01. The van der Waals surface area contributed by atoms with Gasteiger partial charge in [-0.05, 0) is 18.4 Å². The van der Waals surface area contributed by atoms with Gasteiger partial charge in [-0.3, -0.25) is 4.79 Å². The molecular formula is C15H17N3O. The highest BCUT2D eigenvalue weighted by Crippen LogP contribution is 2.46. The quantitative estimate of drug-likeness (QED) is 0.857. The molecule has 1 amide bonds. The van der Waals surface area contributed by atoms with Crippen LogP contribution < -0.4 is 5.32 Å². The molecule has 1 aromatic heterocycles. The zero-order chi connectivity index (χ0) is 13.1. The summed E-state index contributed by atoms with van der Waals surface area (Å²) in [5.74, 6) is 0.617. The van der Waals surface area contributed by atoms with E-state index >= 15 is 0 Å². The van der Waals surface area contributed by atoms with Crippen LogP contribution in [0.4, 0.5) is 0 Å². The van der Waals surface area contributed by atoms with Gasteiger partial charge < -0.3 is 10.3 Å². The van der Waals surface area contributed by atoms with Crippen molar-refractivity contribution in [2.75, 3.05) is 6.54 Å². The number of carbonyl (C=O) groups is 1. The maximum atomic E-state index is 12.0. The molecule has 2 aromatic rings. The number of nitrogens with zero attached hydrogens (tertiary/aromatic N) is 1. The number of H-pyrrole nitrogens is 1. The fourth-order valence-corrected chi connectivity index (χ4v) is 2.40. The molecule has 1 aliphatic carbocycles. The van der Waals surface area contributed by atoms with E-state index in [1.165, 1.54) is 5.56 Å². The molecule has 19 heavy (non-hydrogen) atoms. The maximum absolute atomic E-state index is 12.0. The minimum Gasteiger partial charge on any atom is -0.356 e. The highest BCUT2D eigenvalue weighted by Gasteiger charge is 2.44. The molecule has 1 fully saturated rings. The first-order chi connectivity index (χ1) is 9.34. The average molecular weight is 255 g/mol. The van der Waals surface area contributed by atoms with Crippen molar-refractivity contribution >= 4 is 5.91 Å². The fraction of sp³-hybridized carbons (Fsp3) is 0.333. The smallest absolute Gasteiger partial charge is 0.223 e. The van der Waals surface area contributed by atoms with Crippen molar-refractivity contribution in [3.8, 4) is 0 Å². The van der Waals surface area contributed by atoms with Gasteiger partial charge in [0.1, 0.15) is 0 Å². The second-order valence-corrected chi connectivity index (χ2v) is 4.98. The molecular weight excluding hydrogens is 238 g/mol. The van der Waals surface area contributed by atoms with Crippen molar-refractivity contribution in [1.29, 1.82) is 0 Å². The summed E-state index contributed by atoms with van der Waals surface area (Å²) in [7, 11) is 0. The summed E-state index contributed by atoms with van der Waals surface area (Å²) in [6.07, 6.45) is 5.29. The molecule has 1 saturated carbocycles. The number of nitrogens with one attached hydrogen (secondary N) is 2. The second-order valence-electron chi connectivity index (χ2n) is 4.98. The molecule has 2 N–H and O–H groups in total. The largest absolute Gasteiger partial charge is 0.356 e. The summed E-state index contributed by atoms with van der Waals surface area (Å²) in [5.41, 5.74) is 2.33. The van der Waals surface area contributed by atoms with Crippen LogP contribution in [0.15, 0.2) is 42.9 Å². The molecule has 0 spiro atoms. The normalized spacial score (nSPS) is 21.1. The Morgan fingerprint density at radius 3 is 2.95 bits per heavy atom. The van der Waals surface area contributed by atoms with Gasteiger partial charge in [0, 0.05) is 30.3 Å². The predicted molar refractivity (Wildman–Crippen MR) is 72.6 cm³/mol. The first-order valence-corrected chi connectivity index (χ1v) is 6.64. The number of benzene rings is 1. The first kappa shape index (κ1) is 12.0. The number of aromatic nitrogens is 2. The van der Waals surface area contributed by atoms with E-state index in [-0.39, 0.29) is 11.8 Å². The van der Waals surface area contributed by atoms with E-state index in [2.05, 4.69) is 27.4 Å². The van der Waals surface area contributed by atoms with Gasteiger partial charge in [-0.25, -0.2) is 4.98 Å². The topological polar surface area (TPSA) is 57.8 Å². The van der Waals surface area contributed by atoms with Crippen LogP contribution >= 0.6 is 0 Å². The van der Waals surface area contributed by atoms with Gasteiger partial charge in [-0.15, -0.1) is 0 Å². The molecule has 2 atom stereocenters. The number of carbonyl (C=O) groups excluding carboxylic acids is 1. The lowest BCUT2D eigenvalue weighted by molar-refractivity contribution is -0.122. The summed E-state index contributed by atoms with van der Waals surface area (Å²) in [6, 6.07) is 10.2. The standard InChI is InChI=1S/C15H17N3O/c19-15(13-8-12(13)14-9-16-10-18-14)17-7-6-11-4-2-1-3-5-11/h1-5,9-10,12-13H,6-8H2,(H,16,18)(H,17,19)/t12-,13?/m0/s1. The average Bonchev–Trinajstić information content (AvgIpc) is 3.06. The van der Waals surface area contributed by atoms with Crippen LogP contribution in [0.25, 0.3) is 0 Å². The van der Waals surface area contributed by atoms with Crippen LogP contribution in [-0.2, 0) is 11.2 Å². The Morgan fingerprint density at radius 2 is 2.21 bits per heavy atom. The number of aromatic amines is 1. The highest BCUT2D eigenvalue weighted by atomic mass is 16.2. The molecule has 1 aliphatic rings. The van der Waals surface area contributed by atoms with Gasteiger partial charge in [-0.2, -0.15) is 0 Å². The molecule has 0 radical (unpaired) electrons. The van der Waals surface area contributed by atoms with Gasteiger partial charge in [0.2, 0.25) is 5.91 Å². The van der Waals surface area contributed by atoms with E-state index < -0.39 is 0 Å². The van der Waals surface area contributed by atoms with Crippen molar-refractivity contribution < 1.29 is 4.79 Å². The third kappa shape index (κ3) is 2.84. The van der Waals surface area contributed by atoms with E-state index in [0.717, 1.165) is 18.5 Å². The summed E-state index contributed by atoms with van der Waals surface area (Å²) < 4.78 is 0. The second kappa shape index (κ2) is 5.26. The maximum Gasteiger partial charge on any atom is 0.223 e. The lowest BCUT2D eigenvalue weighted by Gasteiger charge is -2.04. The fourth-order valence-electron chi connectivity index (χ4n) is 2.40. The number of hydrogen-bond acceptors (Lipinski definition) is 2. The monoisotopic (exact) mass is 255 g/mol. The van der Waals surface area contributed by atoms with Crippen molar-refractivity contribution in [1.82, 2.24) is 15.3 Å². The summed E-state index contributed by atoms with van der Waals surface area (Å²) in [6.45, 7) is 0.703. The van der Waals surface area contributed by atoms with Crippen LogP contribution in [0.5, 0.6) is 0 Å². The summed E-state index contributed by atoms with van der Waals surface area (Å²) in [4.78, 5) is 19.0. The Morgan fingerprint density at radius 1 is 1.37 bits per heavy atom. The van der Waals surface area contributed by atoms with E-state index in [0.29, 0.717) is 12.5 Å². The Labute approximate surface area is 112 Å². The zero-order valence-electron chi connectivity index (χ0n) is 10.7. The molecule has 0 aliphatic heterocycles. The number of amides is 1. The van der Waals surface area contributed by atoms with E-state index in [1.54, 1.807) is 6.33 Å². The van der Waals surface area contributed by atoms with Crippen LogP contribution in [0.2, 0.25) is 0 Å². The lowest BCUT2D eigenvalue weighted by atomic mass is 10.1. The highest BCUT2D eigenvalue weighted by molar-refractivity contribution is 5.82. The molecule has 0 bridgehead atoms. The Kier molecular flexibility index (Phi) is 3.31. The zero-order valence-corrected chi connectivity index (χ0v) is 10.7. The molecule has 1 heterocycles. The minimum atomic E-state index is 0.122. The first-order valence-electron chi connectivity index (χ1n) is 6.64. The molecule has 4 nitrogen and oxygen atoms in total. The van der Waals surface area contributed by atoms with Crippen molar-refractivity contribution in [2.45, 2.75) is 18.8 Å². The number of imidazole rings is 1. The molecule has 1 unspecified atom stereocenters. The van der Waals surface area contributed by atoms with Gasteiger partial charge in [-0.1, -0.05) is 30.3 Å². The van der Waals surface area contributed by atoms with Crippen LogP contribution in [0.3, 0.4) is 0 Å². The van der Waals surface area contributed by atoms with E-state index in [1.807, 2.05) is 24.4 Å². The van der Waals surface area contributed by atoms with Crippen LogP contribution in [0.1, 0.15) is 23.6 Å². The van der Waals surface area contributed by atoms with Gasteiger partial charge in [0.25, 0.3) is 0 Å². The summed E-state index contributed by atoms with van der Waals surface area (Å²) >= 11 is 0. The lowest BCUT2D eigenvalue weighted by Crippen LogP contribution is -2.27. The Bertz CT molecular complexity index is 536.